The van der Waals surface area contributed by atoms with Crippen molar-refractivity contribution in [2.45, 2.75) is 19.8 Å². The fourth-order valence-electron chi connectivity index (χ4n) is 2.04. The summed E-state index contributed by atoms with van der Waals surface area (Å²) < 4.78 is 15.2. The molecule has 128 valence electrons. The molecule has 2 rings (SSSR count). The van der Waals surface area contributed by atoms with Gasteiger partial charge in [-0.15, -0.1) is 0 Å². The Morgan fingerprint density at radius 1 is 1.17 bits per heavy atom. The Hall–Kier alpha value is -3.03. The number of amides is 2. The molecule has 1 heterocycles. The molecule has 0 spiro atoms. The average molecular weight is 333 g/mol. The molecule has 1 aromatic carbocycles. The highest BCUT2D eigenvalue weighted by Gasteiger charge is 2.11. The number of hydrogen-bond acceptors (Lipinski definition) is 6. The molecular formula is C16H19N3O5. The number of benzene rings is 1. The van der Waals surface area contributed by atoms with Crippen molar-refractivity contribution >= 4 is 23.2 Å². The Labute approximate surface area is 139 Å². The highest BCUT2D eigenvalue weighted by molar-refractivity contribution is 5.95. The molecule has 0 aliphatic rings. The molecule has 24 heavy (non-hydrogen) atoms. The van der Waals surface area contributed by atoms with Gasteiger partial charge >= 0.3 is 0 Å². The quantitative estimate of drug-likeness (QED) is 0.805. The molecule has 0 bridgehead atoms. The molecule has 8 heteroatoms. The van der Waals surface area contributed by atoms with Crippen molar-refractivity contribution in [2.75, 3.05) is 24.9 Å². The lowest BCUT2D eigenvalue weighted by Crippen LogP contribution is -2.14. The highest BCUT2D eigenvalue weighted by Crippen LogP contribution is 2.28. The number of methoxy groups -OCH3 is 2. The zero-order valence-corrected chi connectivity index (χ0v) is 13.7. The van der Waals surface area contributed by atoms with E-state index in [1.165, 1.54) is 21.1 Å². The molecule has 1 aromatic heterocycles. The molecule has 0 unspecified atom stereocenters. The monoisotopic (exact) mass is 333 g/mol. The normalized spacial score (nSPS) is 10.1. The van der Waals surface area contributed by atoms with Gasteiger partial charge in [-0.05, 0) is 23.4 Å². The van der Waals surface area contributed by atoms with Gasteiger partial charge in [-0.25, -0.2) is 0 Å². The first kappa shape index (κ1) is 17.3. The van der Waals surface area contributed by atoms with E-state index < -0.39 is 0 Å². The van der Waals surface area contributed by atoms with Crippen molar-refractivity contribution in [2.24, 2.45) is 0 Å². The van der Waals surface area contributed by atoms with Gasteiger partial charge in [-0.3, -0.25) is 9.59 Å². The highest BCUT2D eigenvalue weighted by atomic mass is 16.5. The van der Waals surface area contributed by atoms with Crippen molar-refractivity contribution in [1.82, 2.24) is 5.16 Å². The summed E-state index contributed by atoms with van der Waals surface area (Å²) in [5, 5.41) is 9.09. The van der Waals surface area contributed by atoms with E-state index in [1.54, 1.807) is 24.3 Å². The van der Waals surface area contributed by atoms with Crippen molar-refractivity contribution < 1.29 is 23.6 Å². The topological polar surface area (TPSA) is 103 Å². The van der Waals surface area contributed by atoms with Gasteiger partial charge in [0, 0.05) is 31.5 Å². The fraction of sp³-hybridized carbons (Fsp3) is 0.312. The van der Waals surface area contributed by atoms with Crippen molar-refractivity contribution in [3.63, 3.8) is 0 Å². The summed E-state index contributed by atoms with van der Waals surface area (Å²) in [4.78, 5) is 23.2. The summed E-state index contributed by atoms with van der Waals surface area (Å²) in [5.74, 6) is 1.01. The number of aryl methyl sites for hydroxylation is 1. The number of aromatic nitrogens is 1. The molecule has 8 nitrogen and oxygen atoms in total. The maximum absolute atomic E-state index is 12.1. The summed E-state index contributed by atoms with van der Waals surface area (Å²) in [6, 6.07) is 6.62. The number of ether oxygens (including phenoxy) is 2. The van der Waals surface area contributed by atoms with Gasteiger partial charge in [0.1, 0.15) is 11.5 Å². The van der Waals surface area contributed by atoms with Crippen LogP contribution in [0.4, 0.5) is 11.4 Å². The lowest BCUT2D eigenvalue weighted by molar-refractivity contribution is -0.116. The molecule has 2 N–H and O–H groups in total. The Morgan fingerprint density at radius 2 is 1.96 bits per heavy atom. The summed E-state index contributed by atoms with van der Waals surface area (Å²) in [6.45, 7) is 1.41. The molecular weight excluding hydrogens is 314 g/mol. The first-order chi connectivity index (χ1) is 11.5. The Balaban J connectivity index is 2.00. The van der Waals surface area contributed by atoms with E-state index in [9.17, 15) is 9.59 Å². The molecule has 2 aromatic rings. The standard InChI is InChI=1S/C16H19N3O5/c1-10(20)17-11-4-6-14(22-2)13(8-11)18-15(21)7-5-12-9-16(23-3)19-24-12/h4,6,8-9H,5,7H2,1-3H3,(H,17,20)(H,18,21). The number of nitrogens with zero attached hydrogens (tertiary/aromatic N) is 1. The van der Waals surface area contributed by atoms with Crippen LogP contribution in [0.25, 0.3) is 0 Å². The molecule has 0 saturated heterocycles. The number of carbonyl (C=O) groups is 2. The lowest BCUT2D eigenvalue weighted by Gasteiger charge is -2.12. The SMILES string of the molecule is COc1cc(CCC(=O)Nc2cc(NC(C)=O)ccc2OC)on1. The summed E-state index contributed by atoms with van der Waals surface area (Å²) in [5.41, 5.74) is 1.04. The molecule has 0 saturated carbocycles. The van der Waals surface area contributed by atoms with Gasteiger partial charge < -0.3 is 24.6 Å². The molecule has 0 fully saturated rings. The van der Waals surface area contributed by atoms with Gasteiger partial charge in [0.15, 0.2) is 0 Å². The molecule has 0 atom stereocenters. The largest absolute Gasteiger partial charge is 0.495 e. The second-order valence-electron chi connectivity index (χ2n) is 4.98. The number of nitrogens with one attached hydrogen (secondary N) is 2. The summed E-state index contributed by atoms with van der Waals surface area (Å²) in [7, 11) is 2.99. The number of carbonyl (C=O) groups excluding carboxylic acids is 2. The van der Waals surface area contributed by atoms with Crippen LogP contribution in [0.1, 0.15) is 19.1 Å². The third-order valence-electron chi connectivity index (χ3n) is 3.14. The van der Waals surface area contributed by atoms with Crippen LogP contribution < -0.4 is 20.1 Å². The van der Waals surface area contributed by atoms with E-state index in [0.717, 1.165) is 0 Å². The number of hydrogen-bond donors (Lipinski definition) is 2. The minimum atomic E-state index is -0.219. The predicted octanol–water partition coefficient (Wildman–Crippen LogP) is 2.22. The first-order valence-corrected chi connectivity index (χ1v) is 7.27. The van der Waals surface area contributed by atoms with Crippen LogP contribution in [0.2, 0.25) is 0 Å². The van der Waals surface area contributed by atoms with Crippen molar-refractivity contribution in [3.05, 3.63) is 30.0 Å². The van der Waals surface area contributed by atoms with E-state index in [4.69, 9.17) is 14.0 Å². The van der Waals surface area contributed by atoms with Crippen LogP contribution in [0.5, 0.6) is 11.6 Å². The number of anilines is 2. The van der Waals surface area contributed by atoms with Crippen LogP contribution >= 0.6 is 0 Å². The molecule has 0 radical (unpaired) electrons. The Morgan fingerprint density at radius 3 is 2.58 bits per heavy atom. The number of rotatable bonds is 7. The van der Waals surface area contributed by atoms with Crippen LogP contribution in [0.15, 0.2) is 28.8 Å². The second-order valence-corrected chi connectivity index (χ2v) is 4.98. The average Bonchev–Trinajstić information content (AvgIpc) is 3.01. The third-order valence-corrected chi connectivity index (χ3v) is 3.14. The van der Waals surface area contributed by atoms with Gasteiger partial charge in [-0.2, -0.15) is 0 Å². The summed E-state index contributed by atoms with van der Waals surface area (Å²) in [6.07, 6.45) is 0.585. The zero-order valence-electron chi connectivity index (χ0n) is 13.7. The first-order valence-electron chi connectivity index (χ1n) is 7.27. The minimum absolute atomic E-state index is 0.197. The van der Waals surface area contributed by atoms with Gasteiger partial charge in [0.2, 0.25) is 11.8 Å². The van der Waals surface area contributed by atoms with Crippen molar-refractivity contribution in [1.29, 1.82) is 0 Å². The fourth-order valence-corrected chi connectivity index (χ4v) is 2.04. The van der Waals surface area contributed by atoms with Crippen LogP contribution in [0.3, 0.4) is 0 Å². The maximum atomic E-state index is 12.1. The smallest absolute Gasteiger partial charge is 0.254 e. The Kier molecular flexibility index (Phi) is 5.78. The predicted molar refractivity (Wildman–Crippen MR) is 87.3 cm³/mol. The van der Waals surface area contributed by atoms with E-state index in [1.807, 2.05) is 0 Å². The lowest BCUT2D eigenvalue weighted by atomic mass is 10.2. The second kappa shape index (κ2) is 8.00. The Bertz CT molecular complexity index is 726. The van der Waals surface area contributed by atoms with Crippen LogP contribution in [-0.4, -0.2) is 31.2 Å². The van der Waals surface area contributed by atoms with Gasteiger partial charge in [-0.1, -0.05) is 0 Å². The molecule has 0 aliphatic carbocycles. The van der Waals surface area contributed by atoms with E-state index in [-0.39, 0.29) is 18.2 Å². The maximum Gasteiger partial charge on any atom is 0.254 e. The van der Waals surface area contributed by atoms with Crippen LogP contribution in [-0.2, 0) is 16.0 Å². The zero-order chi connectivity index (χ0) is 17.5. The van der Waals surface area contributed by atoms with Gasteiger partial charge in [0.05, 0.1) is 19.9 Å². The van der Waals surface area contributed by atoms with Crippen LogP contribution in [0, 0.1) is 0 Å². The summed E-state index contributed by atoms with van der Waals surface area (Å²) >= 11 is 0. The van der Waals surface area contributed by atoms with E-state index >= 15 is 0 Å². The molecule has 2 amide bonds. The third kappa shape index (κ3) is 4.73. The van der Waals surface area contributed by atoms with Crippen molar-refractivity contribution in [3.8, 4) is 11.6 Å². The van der Waals surface area contributed by atoms with E-state index in [0.29, 0.717) is 35.2 Å². The van der Waals surface area contributed by atoms with Gasteiger partial charge in [0.25, 0.3) is 5.88 Å². The molecule has 0 aliphatic heterocycles. The minimum Gasteiger partial charge on any atom is -0.495 e. The van der Waals surface area contributed by atoms with E-state index in [2.05, 4.69) is 15.8 Å².